The molecule has 0 radical (unpaired) electrons. The Labute approximate surface area is 114 Å². The SMILES string of the molecule is NC1CCN(CCCc2cc3ccccc3[nH]2)CC1. The molecule has 1 saturated heterocycles. The third-order valence-corrected chi connectivity index (χ3v) is 4.14. The molecule has 1 aromatic carbocycles. The van der Waals surface area contributed by atoms with Gasteiger partial charge in [0.25, 0.3) is 0 Å². The predicted molar refractivity (Wildman–Crippen MR) is 80.3 cm³/mol. The Balaban J connectivity index is 1.49. The molecule has 0 aliphatic carbocycles. The quantitative estimate of drug-likeness (QED) is 0.884. The highest BCUT2D eigenvalue weighted by Gasteiger charge is 2.15. The molecule has 2 heterocycles. The van der Waals surface area contributed by atoms with E-state index < -0.39 is 0 Å². The van der Waals surface area contributed by atoms with E-state index >= 15 is 0 Å². The van der Waals surface area contributed by atoms with Gasteiger partial charge in [0.1, 0.15) is 0 Å². The summed E-state index contributed by atoms with van der Waals surface area (Å²) in [5.41, 5.74) is 8.54. The Hall–Kier alpha value is -1.32. The highest BCUT2D eigenvalue weighted by molar-refractivity contribution is 5.80. The Morgan fingerprint density at radius 3 is 2.79 bits per heavy atom. The summed E-state index contributed by atoms with van der Waals surface area (Å²) in [6.45, 7) is 3.55. The number of benzene rings is 1. The van der Waals surface area contributed by atoms with Gasteiger partial charge in [0, 0.05) is 17.3 Å². The largest absolute Gasteiger partial charge is 0.358 e. The second kappa shape index (κ2) is 5.76. The first-order chi connectivity index (χ1) is 9.31. The summed E-state index contributed by atoms with van der Waals surface area (Å²) in [6.07, 6.45) is 4.68. The minimum atomic E-state index is 0.435. The molecule has 3 heteroatoms. The van der Waals surface area contributed by atoms with Crippen molar-refractivity contribution in [2.45, 2.75) is 31.7 Å². The second-order valence-corrected chi connectivity index (χ2v) is 5.66. The van der Waals surface area contributed by atoms with Crippen LogP contribution in [0, 0.1) is 0 Å². The number of nitrogens with zero attached hydrogens (tertiary/aromatic N) is 1. The summed E-state index contributed by atoms with van der Waals surface area (Å²) in [4.78, 5) is 6.05. The average Bonchev–Trinajstić information content (AvgIpc) is 2.83. The van der Waals surface area contributed by atoms with Crippen LogP contribution in [0.25, 0.3) is 10.9 Å². The molecule has 1 aliphatic rings. The van der Waals surface area contributed by atoms with Crippen molar-refractivity contribution in [2.24, 2.45) is 5.73 Å². The summed E-state index contributed by atoms with van der Waals surface area (Å²) in [7, 11) is 0. The molecule has 0 bridgehead atoms. The molecule has 0 atom stereocenters. The fourth-order valence-electron chi connectivity index (χ4n) is 2.94. The average molecular weight is 257 g/mol. The van der Waals surface area contributed by atoms with Crippen LogP contribution in [0.3, 0.4) is 0 Å². The molecule has 3 N–H and O–H groups in total. The smallest absolute Gasteiger partial charge is 0.0456 e. The van der Waals surface area contributed by atoms with Crippen molar-refractivity contribution in [1.29, 1.82) is 0 Å². The highest BCUT2D eigenvalue weighted by Crippen LogP contribution is 2.16. The van der Waals surface area contributed by atoms with Gasteiger partial charge in [-0.2, -0.15) is 0 Å². The van der Waals surface area contributed by atoms with Crippen molar-refractivity contribution >= 4 is 10.9 Å². The lowest BCUT2D eigenvalue weighted by molar-refractivity contribution is 0.211. The van der Waals surface area contributed by atoms with E-state index in [0.717, 1.165) is 19.3 Å². The first-order valence-corrected chi connectivity index (χ1v) is 7.36. The third kappa shape index (κ3) is 3.17. The maximum atomic E-state index is 5.93. The molecule has 1 aromatic heterocycles. The second-order valence-electron chi connectivity index (χ2n) is 5.66. The molecule has 3 rings (SSSR count). The van der Waals surface area contributed by atoms with Crippen molar-refractivity contribution in [1.82, 2.24) is 9.88 Å². The number of aromatic amines is 1. The molecule has 2 aromatic rings. The van der Waals surface area contributed by atoms with Crippen molar-refractivity contribution in [2.75, 3.05) is 19.6 Å². The first kappa shape index (κ1) is 12.7. The Bertz CT molecular complexity index is 491. The number of nitrogens with two attached hydrogens (primary N) is 1. The summed E-state index contributed by atoms with van der Waals surface area (Å²) >= 11 is 0. The highest BCUT2D eigenvalue weighted by atomic mass is 15.1. The van der Waals surface area contributed by atoms with Crippen LogP contribution in [-0.4, -0.2) is 35.6 Å². The fraction of sp³-hybridized carbons (Fsp3) is 0.500. The molecule has 3 nitrogen and oxygen atoms in total. The first-order valence-electron chi connectivity index (χ1n) is 7.36. The zero-order valence-electron chi connectivity index (χ0n) is 11.4. The number of fused-ring (bicyclic) bond motifs is 1. The lowest BCUT2D eigenvalue weighted by atomic mass is 10.1. The predicted octanol–water partition coefficient (Wildman–Crippen LogP) is 2.52. The van der Waals surface area contributed by atoms with E-state index in [1.165, 1.54) is 42.7 Å². The molecule has 0 unspecified atom stereocenters. The van der Waals surface area contributed by atoms with Gasteiger partial charge in [-0.3, -0.25) is 0 Å². The zero-order valence-corrected chi connectivity index (χ0v) is 11.4. The number of hydrogen-bond donors (Lipinski definition) is 2. The lowest BCUT2D eigenvalue weighted by Gasteiger charge is -2.29. The van der Waals surface area contributed by atoms with E-state index in [1.54, 1.807) is 0 Å². The molecule has 0 spiro atoms. The van der Waals surface area contributed by atoms with Crippen LogP contribution in [0.4, 0.5) is 0 Å². The normalized spacial score (nSPS) is 18.2. The Morgan fingerprint density at radius 2 is 2.00 bits per heavy atom. The Kier molecular flexibility index (Phi) is 3.85. The van der Waals surface area contributed by atoms with Gasteiger partial charge in [-0.15, -0.1) is 0 Å². The van der Waals surface area contributed by atoms with Crippen molar-refractivity contribution < 1.29 is 0 Å². The minimum Gasteiger partial charge on any atom is -0.358 e. The van der Waals surface area contributed by atoms with Gasteiger partial charge in [0.2, 0.25) is 0 Å². The number of nitrogens with one attached hydrogen (secondary N) is 1. The van der Waals surface area contributed by atoms with E-state index in [4.69, 9.17) is 5.73 Å². The minimum absolute atomic E-state index is 0.435. The molecule has 0 saturated carbocycles. The number of likely N-dealkylation sites (tertiary alicyclic amines) is 1. The van der Waals surface area contributed by atoms with Gasteiger partial charge in [-0.1, -0.05) is 18.2 Å². The topological polar surface area (TPSA) is 45.0 Å². The summed E-state index contributed by atoms with van der Waals surface area (Å²) in [5, 5.41) is 1.32. The van der Waals surface area contributed by atoms with Crippen LogP contribution >= 0.6 is 0 Å². The Morgan fingerprint density at radius 1 is 1.21 bits per heavy atom. The van der Waals surface area contributed by atoms with E-state index in [0.29, 0.717) is 6.04 Å². The van der Waals surface area contributed by atoms with Crippen LogP contribution in [0.15, 0.2) is 30.3 Å². The van der Waals surface area contributed by atoms with Crippen molar-refractivity contribution in [3.63, 3.8) is 0 Å². The van der Waals surface area contributed by atoms with Crippen molar-refractivity contribution in [3.8, 4) is 0 Å². The summed E-state index contributed by atoms with van der Waals surface area (Å²) < 4.78 is 0. The fourth-order valence-corrected chi connectivity index (χ4v) is 2.94. The van der Waals surface area contributed by atoms with Gasteiger partial charge in [0.05, 0.1) is 0 Å². The number of rotatable bonds is 4. The van der Waals surface area contributed by atoms with Gasteiger partial charge in [-0.25, -0.2) is 0 Å². The van der Waals surface area contributed by atoms with Gasteiger partial charge >= 0.3 is 0 Å². The molecule has 1 aliphatic heterocycles. The van der Waals surface area contributed by atoms with E-state index in [1.807, 2.05) is 0 Å². The van der Waals surface area contributed by atoms with Crippen molar-refractivity contribution in [3.05, 3.63) is 36.0 Å². The molecular formula is C16H23N3. The van der Waals surface area contributed by atoms with Crippen LogP contribution in [-0.2, 0) is 6.42 Å². The third-order valence-electron chi connectivity index (χ3n) is 4.14. The van der Waals surface area contributed by atoms with E-state index in [2.05, 4.69) is 40.2 Å². The number of hydrogen-bond acceptors (Lipinski definition) is 2. The molecule has 19 heavy (non-hydrogen) atoms. The number of piperidine rings is 1. The number of aryl methyl sites for hydroxylation is 1. The number of H-pyrrole nitrogens is 1. The van der Waals surface area contributed by atoms with E-state index in [9.17, 15) is 0 Å². The van der Waals surface area contributed by atoms with Gasteiger partial charge in [0.15, 0.2) is 0 Å². The zero-order chi connectivity index (χ0) is 13.1. The van der Waals surface area contributed by atoms with E-state index in [-0.39, 0.29) is 0 Å². The lowest BCUT2D eigenvalue weighted by Crippen LogP contribution is -2.40. The number of aromatic nitrogens is 1. The monoisotopic (exact) mass is 257 g/mol. The van der Waals surface area contributed by atoms with Crippen LogP contribution in [0.1, 0.15) is 25.0 Å². The standard InChI is InChI=1S/C16H23N3/c17-14-7-10-19(11-8-14)9-3-5-15-12-13-4-1-2-6-16(13)18-15/h1-2,4,6,12,14,18H,3,5,7-11,17H2. The summed E-state index contributed by atoms with van der Waals surface area (Å²) in [6, 6.07) is 11.2. The molecule has 102 valence electrons. The number of para-hydroxylation sites is 1. The molecule has 1 fully saturated rings. The molecule has 0 amide bonds. The maximum Gasteiger partial charge on any atom is 0.0456 e. The van der Waals surface area contributed by atoms with Gasteiger partial charge in [-0.05, 0) is 62.8 Å². The molecular weight excluding hydrogens is 234 g/mol. The van der Waals surface area contributed by atoms with Crippen LogP contribution in [0.5, 0.6) is 0 Å². The van der Waals surface area contributed by atoms with Gasteiger partial charge < -0.3 is 15.6 Å². The van der Waals surface area contributed by atoms with Crippen LogP contribution < -0.4 is 5.73 Å². The maximum absolute atomic E-state index is 5.93. The summed E-state index contributed by atoms with van der Waals surface area (Å²) in [5.74, 6) is 0. The van der Waals surface area contributed by atoms with Crippen LogP contribution in [0.2, 0.25) is 0 Å².